The molecule has 0 saturated heterocycles. The molecule has 2 aromatic rings. The van der Waals surface area contributed by atoms with Gasteiger partial charge in [-0.1, -0.05) is 65.5 Å². The van der Waals surface area contributed by atoms with Gasteiger partial charge < -0.3 is 10.2 Å². The molecular formula is C22H24Cl4N2O2. The van der Waals surface area contributed by atoms with Gasteiger partial charge in [0.15, 0.2) is 0 Å². The van der Waals surface area contributed by atoms with Crippen LogP contribution in [-0.2, 0) is 22.6 Å². The molecule has 0 aliphatic rings. The van der Waals surface area contributed by atoms with Crippen molar-refractivity contribution in [1.82, 2.24) is 10.2 Å². The van der Waals surface area contributed by atoms with Gasteiger partial charge in [0.1, 0.15) is 6.04 Å². The first kappa shape index (κ1) is 24.8. The molecule has 0 fully saturated rings. The van der Waals surface area contributed by atoms with Gasteiger partial charge in [0.25, 0.3) is 0 Å². The van der Waals surface area contributed by atoms with Crippen LogP contribution in [0.4, 0.5) is 0 Å². The largest absolute Gasteiger partial charge is 0.352 e. The quantitative estimate of drug-likeness (QED) is 0.481. The zero-order chi connectivity index (χ0) is 22.4. The Morgan fingerprint density at radius 1 is 1.00 bits per heavy atom. The van der Waals surface area contributed by atoms with E-state index in [9.17, 15) is 9.59 Å². The molecule has 0 spiro atoms. The number of amides is 2. The molecule has 30 heavy (non-hydrogen) atoms. The fraction of sp³-hybridized carbons (Fsp3) is 0.364. The molecule has 162 valence electrons. The van der Waals surface area contributed by atoms with Gasteiger partial charge in [0, 0.05) is 32.7 Å². The summed E-state index contributed by atoms with van der Waals surface area (Å²) in [6, 6.07) is 9.38. The molecule has 0 saturated carbocycles. The predicted molar refractivity (Wildman–Crippen MR) is 125 cm³/mol. The van der Waals surface area contributed by atoms with E-state index in [1.165, 1.54) is 4.90 Å². The lowest BCUT2D eigenvalue weighted by Gasteiger charge is -2.30. The maximum Gasteiger partial charge on any atom is 0.242 e. The first-order chi connectivity index (χ1) is 14.1. The third-order valence-corrected chi connectivity index (χ3v) is 6.21. The number of benzene rings is 2. The number of halogens is 4. The molecule has 0 radical (unpaired) electrons. The molecular weight excluding hydrogens is 466 g/mol. The van der Waals surface area contributed by atoms with Crippen molar-refractivity contribution >= 4 is 58.2 Å². The maximum absolute atomic E-state index is 13.3. The standard InChI is InChI=1S/C22H24Cl4N2O2/c1-4-13(2)27-22(30)14(3)28(12-15-8-9-16(23)10-20(15)26)21(29)11-17-18(24)6-5-7-19(17)25/h5-10,13-14H,4,11-12H2,1-3H3,(H,27,30)/t13-,14+/m0/s1. The normalized spacial score (nSPS) is 12.9. The maximum atomic E-state index is 13.3. The van der Waals surface area contributed by atoms with E-state index in [4.69, 9.17) is 46.4 Å². The summed E-state index contributed by atoms with van der Waals surface area (Å²) in [6.07, 6.45) is 0.745. The third-order valence-electron chi connectivity index (χ3n) is 4.91. The minimum absolute atomic E-state index is 0.00552. The summed E-state index contributed by atoms with van der Waals surface area (Å²) < 4.78 is 0. The van der Waals surface area contributed by atoms with Crippen molar-refractivity contribution in [3.8, 4) is 0 Å². The van der Waals surface area contributed by atoms with Crippen LogP contribution < -0.4 is 5.32 Å². The van der Waals surface area contributed by atoms with Crippen molar-refractivity contribution in [2.75, 3.05) is 0 Å². The van der Waals surface area contributed by atoms with Crippen molar-refractivity contribution in [1.29, 1.82) is 0 Å². The SMILES string of the molecule is CC[C@H](C)NC(=O)[C@@H](C)N(Cc1ccc(Cl)cc1Cl)C(=O)Cc1c(Cl)cccc1Cl. The summed E-state index contributed by atoms with van der Waals surface area (Å²) in [4.78, 5) is 27.5. The highest BCUT2D eigenvalue weighted by molar-refractivity contribution is 6.36. The highest BCUT2D eigenvalue weighted by Gasteiger charge is 2.28. The van der Waals surface area contributed by atoms with Crippen LogP contribution in [0.2, 0.25) is 20.1 Å². The Morgan fingerprint density at radius 2 is 1.63 bits per heavy atom. The van der Waals surface area contributed by atoms with Gasteiger partial charge in [-0.2, -0.15) is 0 Å². The highest BCUT2D eigenvalue weighted by Crippen LogP contribution is 2.27. The number of hydrogen-bond acceptors (Lipinski definition) is 2. The first-order valence-corrected chi connectivity index (χ1v) is 11.1. The Kier molecular flexibility index (Phi) is 9.30. The van der Waals surface area contributed by atoms with Crippen molar-refractivity contribution in [3.63, 3.8) is 0 Å². The van der Waals surface area contributed by atoms with Gasteiger partial charge in [0.05, 0.1) is 6.42 Å². The van der Waals surface area contributed by atoms with Gasteiger partial charge in [-0.15, -0.1) is 0 Å². The fourth-order valence-electron chi connectivity index (χ4n) is 2.84. The smallest absolute Gasteiger partial charge is 0.242 e. The molecule has 0 heterocycles. The molecule has 2 amide bonds. The Bertz CT molecular complexity index is 900. The highest BCUT2D eigenvalue weighted by atomic mass is 35.5. The van der Waals surface area contributed by atoms with Crippen molar-refractivity contribution in [2.24, 2.45) is 0 Å². The van der Waals surface area contributed by atoms with E-state index in [0.29, 0.717) is 31.2 Å². The van der Waals surface area contributed by atoms with Crippen LogP contribution in [0.5, 0.6) is 0 Å². The van der Waals surface area contributed by atoms with E-state index >= 15 is 0 Å². The number of nitrogens with one attached hydrogen (secondary N) is 1. The van der Waals surface area contributed by atoms with Gasteiger partial charge >= 0.3 is 0 Å². The van der Waals surface area contributed by atoms with E-state index in [1.807, 2.05) is 13.8 Å². The molecule has 1 N–H and O–H groups in total. The number of carbonyl (C=O) groups excluding carboxylic acids is 2. The van der Waals surface area contributed by atoms with E-state index in [2.05, 4.69) is 5.32 Å². The van der Waals surface area contributed by atoms with Crippen molar-refractivity contribution in [3.05, 3.63) is 67.6 Å². The van der Waals surface area contributed by atoms with Gasteiger partial charge in [-0.05, 0) is 55.7 Å². The molecule has 0 bridgehead atoms. The molecule has 0 aliphatic heterocycles. The molecule has 2 atom stereocenters. The van der Waals surface area contributed by atoms with Crippen molar-refractivity contribution < 1.29 is 9.59 Å². The fourth-order valence-corrected chi connectivity index (χ4v) is 3.83. The third kappa shape index (κ3) is 6.52. The van der Waals surface area contributed by atoms with Crippen LogP contribution in [-0.4, -0.2) is 28.8 Å². The second kappa shape index (κ2) is 11.2. The molecule has 0 unspecified atom stereocenters. The molecule has 0 aliphatic carbocycles. The number of nitrogens with zero attached hydrogens (tertiary/aromatic N) is 1. The first-order valence-electron chi connectivity index (χ1n) is 9.60. The van der Waals surface area contributed by atoms with E-state index in [0.717, 1.165) is 6.42 Å². The summed E-state index contributed by atoms with van der Waals surface area (Å²) >= 11 is 24.8. The minimum Gasteiger partial charge on any atom is -0.352 e. The van der Waals surface area contributed by atoms with Gasteiger partial charge in [0.2, 0.25) is 11.8 Å². The van der Waals surface area contributed by atoms with Crippen LogP contribution in [0.15, 0.2) is 36.4 Å². The summed E-state index contributed by atoms with van der Waals surface area (Å²) in [7, 11) is 0. The van der Waals surface area contributed by atoms with Gasteiger partial charge in [-0.25, -0.2) is 0 Å². The second-order valence-corrected chi connectivity index (χ2v) is 8.79. The summed E-state index contributed by atoms with van der Waals surface area (Å²) in [5, 5.41) is 4.64. The number of hydrogen-bond donors (Lipinski definition) is 1. The summed E-state index contributed by atoms with van der Waals surface area (Å²) in [6.45, 7) is 5.72. The Hall–Kier alpha value is -1.46. The zero-order valence-corrected chi connectivity index (χ0v) is 20.0. The average Bonchev–Trinajstić information content (AvgIpc) is 2.69. The van der Waals surface area contributed by atoms with Crippen LogP contribution in [0.1, 0.15) is 38.3 Å². The van der Waals surface area contributed by atoms with Crippen molar-refractivity contribution in [2.45, 2.75) is 52.2 Å². The van der Waals surface area contributed by atoms with Gasteiger partial charge in [-0.3, -0.25) is 9.59 Å². The molecule has 2 aromatic carbocycles. The lowest BCUT2D eigenvalue weighted by molar-refractivity contribution is -0.140. The average molecular weight is 490 g/mol. The number of carbonyl (C=O) groups is 2. The number of rotatable bonds is 8. The lowest BCUT2D eigenvalue weighted by Crippen LogP contribution is -2.50. The minimum atomic E-state index is -0.723. The zero-order valence-electron chi connectivity index (χ0n) is 17.0. The lowest BCUT2D eigenvalue weighted by atomic mass is 10.1. The Labute approximate surface area is 197 Å². The molecule has 0 aromatic heterocycles. The van der Waals surface area contributed by atoms with E-state index in [-0.39, 0.29) is 30.8 Å². The molecule has 2 rings (SSSR count). The Balaban J connectivity index is 2.34. The molecule has 4 nitrogen and oxygen atoms in total. The summed E-state index contributed by atoms with van der Waals surface area (Å²) in [5.74, 6) is -0.532. The van der Waals surface area contributed by atoms with E-state index < -0.39 is 6.04 Å². The van der Waals surface area contributed by atoms with E-state index in [1.54, 1.807) is 43.3 Å². The monoisotopic (exact) mass is 488 g/mol. The second-order valence-electron chi connectivity index (χ2n) is 7.13. The topological polar surface area (TPSA) is 49.4 Å². The predicted octanol–water partition coefficient (Wildman–Crippen LogP) is 6.17. The van der Waals surface area contributed by atoms with Crippen LogP contribution in [0.25, 0.3) is 0 Å². The van der Waals surface area contributed by atoms with Crippen LogP contribution >= 0.6 is 46.4 Å². The van der Waals surface area contributed by atoms with Crippen LogP contribution in [0, 0.1) is 0 Å². The molecule has 8 heteroatoms. The Morgan fingerprint density at radius 3 is 2.20 bits per heavy atom. The van der Waals surface area contributed by atoms with Crippen LogP contribution in [0.3, 0.4) is 0 Å². The summed E-state index contributed by atoms with van der Waals surface area (Å²) in [5.41, 5.74) is 1.20.